The van der Waals surface area contributed by atoms with E-state index in [1.165, 1.54) is 12.1 Å². The number of nitrogens with one attached hydrogen (secondary N) is 1. The Morgan fingerprint density at radius 2 is 1.85 bits per heavy atom. The average Bonchev–Trinajstić information content (AvgIpc) is 2.43. The smallest absolute Gasteiger partial charge is 0.159 e. The molecule has 2 aromatic rings. The topological polar surface area (TPSA) is 12.0 Å². The van der Waals surface area contributed by atoms with E-state index in [0.29, 0.717) is 6.42 Å². The Hall–Kier alpha value is -1.26. The van der Waals surface area contributed by atoms with Crippen molar-refractivity contribution in [3.8, 4) is 0 Å². The van der Waals surface area contributed by atoms with Crippen molar-refractivity contribution in [1.82, 2.24) is 5.32 Å². The molecule has 1 unspecified atom stereocenters. The molecule has 0 fully saturated rings. The zero-order chi connectivity index (χ0) is 14.5. The highest BCUT2D eigenvalue weighted by atomic mass is 79.9. The molecule has 0 amide bonds. The van der Waals surface area contributed by atoms with E-state index in [2.05, 4.69) is 21.2 Å². The van der Waals surface area contributed by atoms with E-state index < -0.39 is 11.6 Å². The third kappa shape index (κ3) is 3.64. The lowest BCUT2D eigenvalue weighted by atomic mass is 9.92. The summed E-state index contributed by atoms with van der Waals surface area (Å²) in [5.74, 6) is -1.40. The van der Waals surface area contributed by atoms with E-state index in [1.807, 2.05) is 31.3 Å². The number of rotatable bonds is 5. The second-order valence-electron chi connectivity index (χ2n) is 4.73. The number of hydrogen-bond donors (Lipinski definition) is 1. The van der Waals surface area contributed by atoms with Gasteiger partial charge in [-0.15, -0.1) is 0 Å². The number of hydrogen-bond acceptors (Lipinski definition) is 1. The van der Waals surface area contributed by atoms with Gasteiger partial charge in [0.05, 0.1) is 0 Å². The molecule has 0 spiro atoms. The molecule has 1 atom stereocenters. The number of halogens is 3. The van der Waals surface area contributed by atoms with E-state index in [-0.39, 0.29) is 5.92 Å². The van der Waals surface area contributed by atoms with E-state index in [9.17, 15) is 8.78 Å². The summed E-state index contributed by atoms with van der Waals surface area (Å²) in [5, 5.41) is 3.15. The first-order chi connectivity index (χ1) is 9.61. The maximum Gasteiger partial charge on any atom is 0.159 e. The Morgan fingerprint density at radius 1 is 1.10 bits per heavy atom. The molecule has 2 aromatic carbocycles. The Balaban J connectivity index is 2.25. The summed E-state index contributed by atoms with van der Waals surface area (Å²) in [6.07, 6.45) is 0.653. The normalized spacial score (nSPS) is 12.4. The Labute approximate surface area is 126 Å². The lowest BCUT2D eigenvalue weighted by molar-refractivity contribution is 0.505. The molecule has 0 aliphatic rings. The summed E-state index contributed by atoms with van der Waals surface area (Å²) >= 11 is 3.54. The Bertz CT molecular complexity index is 586. The van der Waals surface area contributed by atoms with Crippen molar-refractivity contribution in [2.45, 2.75) is 12.3 Å². The lowest BCUT2D eigenvalue weighted by Gasteiger charge is -2.18. The molecule has 106 valence electrons. The van der Waals surface area contributed by atoms with Crippen LogP contribution in [0, 0.1) is 11.6 Å². The van der Waals surface area contributed by atoms with Crippen LogP contribution in [0.2, 0.25) is 0 Å². The van der Waals surface area contributed by atoms with Gasteiger partial charge in [-0.2, -0.15) is 0 Å². The van der Waals surface area contributed by atoms with E-state index in [0.717, 1.165) is 22.1 Å². The third-order valence-corrected chi connectivity index (χ3v) is 3.98. The summed E-state index contributed by atoms with van der Waals surface area (Å²) in [6.45, 7) is 0.765. The Morgan fingerprint density at radius 3 is 2.50 bits per heavy atom. The summed E-state index contributed by atoms with van der Waals surface area (Å²) in [5.41, 5.74) is 1.95. The molecule has 1 N–H and O–H groups in total. The highest BCUT2D eigenvalue weighted by Gasteiger charge is 2.15. The first kappa shape index (κ1) is 15.1. The van der Waals surface area contributed by atoms with Crippen LogP contribution in [-0.4, -0.2) is 13.6 Å². The van der Waals surface area contributed by atoms with Gasteiger partial charge >= 0.3 is 0 Å². The van der Waals surface area contributed by atoms with Crippen molar-refractivity contribution >= 4 is 15.9 Å². The minimum atomic E-state index is -0.806. The number of benzene rings is 2. The van der Waals surface area contributed by atoms with Crippen molar-refractivity contribution in [3.63, 3.8) is 0 Å². The van der Waals surface area contributed by atoms with E-state index in [4.69, 9.17) is 0 Å². The van der Waals surface area contributed by atoms with E-state index >= 15 is 0 Å². The molecule has 0 aliphatic heterocycles. The molecule has 0 aromatic heterocycles. The van der Waals surface area contributed by atoms with Crippen LogP contribution >= 0.6 is 15.9 Å². The second kappa shape index (κ2) is 6.95. The van der Waals surface area contributed by atoms with Gasteiger partial charge in [0.1, 0.15) is 0 Å². The van der Waals surface area contributed by atoms with Gasteiger partial charge in [0.25, 0.3) is 0 Å². The van der Waals surface area contributed by atoms with Crippen molar-refractivity contribution < 1.29 is 8.78 Å². The Kier molecular flexibility index (Phi) is 5.26. The van der Waals surface area contributed by atoms with Crippen molar-refractivity contribution in [3.05, 3.63) is 69.7 Å². The van der Waals surface area contributed by atoms with Gasteiger partial charge in [-0.3, -0.25) is 0 Å². The molecule has 20 heavy (non-hydrogen) atoms. The molecule has 2 rings (SSSR count). The number of likely N-dealkylation sites (N-methyl/N-ethyl adjacent to an activating group) is 1. The predicted octanol–water partition coefficient (Wildman–Crippen LogP) is 4.27. The standard InChI is InChI=1S/C16H16BrF2N/c1-20-10-12(13-4-2-3-5-14(13)17)8-11-6-7-15(18)16(19)9-11/h2-7,9,12,20H,8,10H2,1H3. The molecular formula is C16H16BrF2N. The van der Waals surface area contributed by atoms with Crippen LogP contribution in [0.4, 0.5) is 8.78 Å². The summed E-state index contributed by atoms with van der Waals surface area (Å²) in [4.78, 5) is 0. The fraction of sp³-hybridized carbons (Fsp3) is 0.250. The highest BCUT2D eigenvalue weighted by molar-refractivity contribution is 9.10. The molecule has 0 aliphatic carbocycles. The van der Waals surface area contributed by atoms with Crippen LogP contribution in [-0.2, 0) is 6.42 Å². The maximum atomic E-state index is 13.3. The fourth-order valence-electron chi connectivity index (χ4n) is 2.30. The highest BCUT2D eigenvalue weighted by Crippen LogP contribution is 2.27. The first-order valence-corrected chi connectivity index (χ1v) is 7.24. The summed E-state index contributed by atoms with van der Waals surface area (Å²) in [6, 6.07) is 12.1. The van der Waals surface area contributed by atoms with Crippen LogP contribution < -0.4 is 5.32 Å². The monoisotopic (exact) mass is 339 g/mol. The lowest BCUT2D eigenvalue weighted by Crippen LogP contribution is -2.19. The van der Waals surface area contributed by atoms with E-state index in [1.54, 1.807) is 6.07 Å². The van der Waals surface area contributed by atoms with Crippen LogP contribution in [0.25, 0.3) is 0 Å². The van der Waals surface area contributed by atoms with Gasteiger partial charge < -0.3 is 5.32 Å². The largest absolute Gasteiger partial charge is 0.319 e. The minimum Gasteiger partial charge on any atom is -0.319 e. The van der Waals surface area contributed by atoms with Gasteiger partial charge in [0.15, 0.2) is 11.6 Å². The van der Waals surface area contributed by atoms with Gasteiger partial charge in [-0.1, -0.05) is 40.2 Å². The quantitative estimate of drug-likeness (QED) is 0.857. The van der Waals surface area contributed by atoms with Crippen molar-refractivity contribution in [2.24, 2.45) is 0 Å². The fourth-order valence-corrected chi connectivity index (χ4v) is 2.90. The van der Waals surface area contributed by atoms with Gasteiger partial charge in [-0.25, -0.2) is 8.78 Å². The molecule has 0 heterocycles. The molecule has 4 heteroatoms. The molecule has 0 saturated carbocycles. The maximum absolute atomic E-state index is 13.3. The molecular weight excluding hydrogens is 324 g/mol. The molecule has 0 saturated heterocycles. The van der Waals surface area contributed by atoms with Crippen LogP contribution in [0.3, 0.4) is 0 Å². The summed E-state index contributed by atoms with van der Waals surface area (Å²) < 4.78 is 27.3. The minimum absolute atomic E-state index is 0.195. The third-order valence-electron chi connectivity index (χ3n) is 3.26. The molecule has 0 radical (unpaired) electrons. The van der Waals surface area contributed by atoms with Crippen molar-refractivity contribution in [1.29, 1.82) is 0 Å². The first-order valence-electron chi connectivity index (χ1n) is 6.44. The zero-order valence-electron chi connectivity index (χ0n) is 11.2. The average molecular weight is 340 g/mol. The van der Waals surface area contributed by atoms with Crippen molar-refractivity contribution in [2.75, 3.05) is 13.6 Å². The van der Waals surface area contributed by atoms with Gasteiger partial charge in [0, 0.05) is 16.9 Å². The van der Waals surface area contributed by atoms with Crippen LogP contribution in [0.1, 0.15) is 17.0 Å². The SMILES string of the molecule is CNCC(Cc1ccc(F)c(F)c1)c1ccccc1Br. The van der Waals surface area contributed by atoms with Gasteiger partial charge in [-0.05, 0) is 42.8 Å². The van der Waals surface area contributed by atoms with Crippen LogP contribution in [0.5, 0.6) is 0 Å². The summed E-state index contributed by atoms with van der Waals surface area (Å²) in [7, 11) is 1.88. The second-order valence-corrected chi connectivity index (χ2v) is 5.58. The molecule has 0 bridgehead atoms. The zero-order valence-corrected chi connectivity index (χ0v) is 12.8. The van der Waals surface area contributed by atoms with Crippen LogP contribution in [0.15, 0.2) is 46.9 Å². The van der Waals surface area contributed by atoms with Gasteiger partial charge in [0.2, 0.25) is 0 Å². The molecule has 1 nitrogen and oxygen atoms in total. The predicted molar refractivity (Wildman–Crippen MR) is 80.9 cm³/mol.